The molecule has 0 amide bonds. The van der Waals surface area contributed by atoms with Crippen molar-refractivity contribution in [3.63, 3.8) is 0 Å². The molecular weight excluding hydrogens is 189 g/mol. The van der Waals surface area contributed by atoms with Gasteiger partial charge < -0.3 is 4.42 Å². The van der Waals surface area contributed by atoms with Crippen LogP contribution in [0.1, 0.15) is 5.56 Å². The fraction of sp³-hybridized carbons (Fsp3) is 0.111. The van der Waals surface area contributed by atoms with E-state index >= 15 is 0 Å². The molecule has 2 rings (SSSR count). The molecule has 0 aliphatic rings. The minimum atomic E-state index is -0.839. The van der Waals surface area contributed by atoms with Gasteiger partial charge in [-0.3, -0.25) is 4.98 Å². The molecule has 2 aromatic rings. The lowest BCUT2D eigenvalue weighted by Gasteiger charge is -1.98. The van der Waals surface area contributed by atoms with Crippen molar-refractivity contribution in [1.29, 1.82) is 0 Å². The maximum Gasteiger partial charge on any atom is 0.419 e. The summed E-state index contributed by atoms with van der Waals surface area (Å²) in [5, 5.41) is 0.0349. The maximum absolute atomic E-state index is 13.1. The predicted octanol–water partition coefficient (Wildman–Crippen LogP) is 0.929. The number of aromatic amines is 1. The number of fused-ring (bicyclic) bond motifs is 1. The van der Waals surface area contributed by atoms with Gasteiger partial charge in [0.1, 0.15) is 5.82 Å². The van der Waals surface area contributed by atoms with Gasteiger partial charge in [0, 0.05) is 0 Å². The number of benzene rings is 1. The number of nitrogens with one attached hydrogen (secondary N) is 1. The average molecular weight is 195 g/mol. The Kier molecular flexibility index (Phi) is 1.73. The summed E-state index contributed by atoms with van der Waals surface area (Å²) >= 11 is 0. The lowest BCUT2D eigenvalue weighted by atomic mass is 10.2. The van der Waals surface area contributed by atoms with Gasteiger partial charge >= 0.3 is 11.4 Å². The number of halogens is 1. The first-order chi connectivity index (χ1) is 6.58. The monoisotopic (exact) mass is 195 g/mol. The second-order valence-corrected chi connectivity index (χ2v) is 2.95. The molecule has 14 heavy (non-hydrogen) atoms. The fourth-order valence-electron chi connectivity index (χ4n) is 1.23. The van der Waals surface area contributed by atoms with E-state index in [4.69, 9.17) is 0 Å². The lowest BCUT2D eigenvalue weighted by Crippen LogP contribution is -2.14. The van der Waals surface area contributed by atoms with Gasteiger partial charge in [0.15, 0.2) is 0 Å². The molecule has 0 saturated carbocycles. The summed E-state index contributed by atoms with van der Waals surface area (Å²) in [5.41, 5.74) is -0.188. The Labute approximate surface area is 77.0 Å². The lowest BCUT2D eigenvalue weighted by molar-refractivity contribution is 0.459. The van der Waals surface area contributed by atoms with Crippen molar-refractivity contribution in [2.45, 2.75) is 6.92 Å². The SMILES string of the molecule is Cc1cc2[nH]c(=O)oc(=O)c2cc1F. The third-order valence-corrected chi connectivity index (χ3v) is 1.94. The van der Waals surface area contributed by atoms with Crippen LogP contribution in [0.5, 0.6) is 0 Å². The van der Waals surface area contributed by atoms with E-state index in [1.807, 2.05) is 0 Å². The predicted molar refractivity (Wildman–Crippen MR) is 47.8 cm³/mol. The molecule has 72 valence electrons. The fourth-order valence-corrected chi connectivity index (χ4v) is 1.23. The zero-order valence-electron chi connectivity index (χ0n) is 7.26. The van der Waals surface area contributed by atoms with Gasteiger partial charge in [0.25, 0.3) is 0 Å². The zero-order chi connectivity index (χ0) is 10.3. The van der Waals surface area contributed by atoms with Gasteiger partial charge in [0.2, 0.25) is 0 Å². The van der Waals surface area contributed by atoms with Crippen molar-refractivity contribution in [2.75, 3.05) is 0 Å². The Morgan fingerprint density at radius 2 is 2.07 bits per heavy atom. The zero-order valence-corrected chi connectivity index (χ0v) is 7.26. The summed E-state index contributed by atoms with van der Waals surface area (Å²) in [6, 6.07) is 2.44. The van der Waals surface area contributed by atoms with Gasteiger partial charge in [-0.05, 0) is 24.6 Å². The molecule has 1 heterocycles. The van der Waals surface area contributed by atoms with Crippen LogP contribution in [-0.4, -0.2) is 4.98 Å². The summed E-state index contributed by atoms with van der Waals surface area (Å²) < 4.78 is 17.3. The van der Waals surface area contributed by atoms with Crippen LogP contribution in [0.2, 0.25) is 0 Å². The summed E-state index contributed by atoms with van der Waals surface area (Å²) in [6.45, 7) is 1.54. The molecule has 0 saturated heterocycles. The minimum absolute atomic E-state index is 0.0349. The third-order valence-electron chi connectivity index (χ3n) is 1.94. The van der Waals surface area contributed by atoms with E-state index in [2.05, 4.69) is 9.40 Å². The van der Waals surface area contributed by atoms with Crippen LogP contribution < -0.4 is 11.4 Å². The molecule has 1 aromatic heterocycles. The molecule has 4 nitrogen and oxygen atoms in total. The summed E-state index contributed by atoms with van der Waals surface area (Å²) in [5.74, 6) is -1.34. The number of rotatable bonds is 0. The second-order valence-electron chi connectivity index (χ2n) is 2.95. The Morgan fingerprint density at radius 3 is 2.79 bits per heavy atom. The van der Waals surface area contributed by atoms with Crippen LogP contribution in [0.25, 0.3) is 10.9 Å². The van der Waals surface area contributed by atoms with Crippen molar-refractivity contribution in [1.82, 2.24) is 4.98 Å². The number of aryl methyl sites for hydroxylation is 1. The van der Waals surface area contributed by atoms with Crippen molar-refractivity contribution in [3.8, 4) is 0 Å². The number of hydrogen-bond acceptors (Lipinski definition) is 3. The highest BCUT2D eigenvalue weighted by molar-refractivity contribution is 5.77. The van der Waals surface area contributed by atoms with E-state index in [0.29, 0.717) is 5.56 Å². The molecule has 0 aliphatic carbocycles. The van der Waals surface area contributed by atoms with Crippen LogP contribution >= 0.6 is 0 Å². The largest absolute Gasteiger partial charge is 0.419 e. The molecule has 0 atom stereocenters. The Morgan fingerprint density at radius 1 is 1.36 bits per heavy atom. The Balaban J connectivity index is 3.03. The highest BCUT2D eigenvalue weighted by Gasteiger charge is 2.06. The normalized spacial score (nSPS) is 10.7. The molecule has 0 spiro atoms. The van der Waals surface area contributed by atoms with Crippen LogP contribution in [0.3, 0.4) is 0 Å². The van der Waals surface area contributed by atoms with Gasteiger partial charge in [0.05, 0.1) is 10.9 Å². The third kappa shape index (κ3) is 1.22. The number of aromatic nitrogens is 1. The highest BCUT2D eigenvalue weighted by Crippen LogP contribution is 2.12. The maximum atomic E-state index is 13.1. The van der Waals surface area contributed by atoms with Crippen molar-refractivity contribution >= 4 is 10.9 Å². The van der Waals surface area contributed by atoms with Gasteiger partial charge in [-0.1, -0.05) is 0 Å². The van der Waals surface area contributed by atoms with Crippen LogP contribution in [0, 0.1) is 12.7 Å². The first-order valence-corrected chi connectivity index (χ1v) is 3.91. The molecule has 0 aliphatic heterocycles. The Bertz CT molecular complexity index is 611. The summed E-state index contributed by atoms with van der Waals surface area (Å²) in [7, 11) is 0. The smallest absolute Gasteiger partial charge is 0.372 e. The van der Waals surface area contributed by atoms with E-state index < -0.39 is 17.2 Å². The van der Waals surface area contributed by atoms with Gasteiger partial charge in [-0.15, -0.1) is 0 Å². The summed E-state index contributed by atoms with van der Waals surface area (Å²) in [4.78, 5) is 24.2. The number of hydrogen-bond donors (Lipinski definition) is 1. The molecule has 1 aromatic carbocycles. The van der Waals surface area contributed by atoms with E-state index in [1.54, 1.807) is 6.92 Å². The summed E-state index contributed by atoms with van der Waals surface area (Å²) in [6.07, 6.45) is 0. The number of H-pyrrole nitrogens is 1. The van der Waals surface area contributed by atoms with Gasteiger partial charge in [-0.25, -0.2) is 14.0 Å². The molecule has 5 heteroatoms. The van der Waals surface area contributed by atoms with E-state index in [0.717, 1.165) is 6.07 Å². The van der Waals surface area contributed by atoms with Gasteiger partial charge in [-0.2, -0.15) is 0 Å². The highest BCUT2D eigenvalue weighted by atomic mass is 19.1. The molecule has 0 unspecified atom stereocenters. The van der Waals surface area contributed by atoms with E-state index in [9.17, 15) is 14.0 Å². The molecule has 0 radical (unpaired) electrons. The quantitative estimate of drug-likeness (QED) is 0.680. The second kappa shape index (κ2) is 2.80. The molecule has 0 bridgehead atoms. The standard InChI is InChI=1S/C9H6FNO3/c1-4-2-7-5(3-6(4)10)8(12)14-9(13)11-7/h2-3H,1H3,(H,11,13). The molecule has 1 N–H and O–H groups in total. The van der Waals surface area contributed by atoms with Crippen molar-refractivity contribution in [3.05, 3.63) is 44.5 Å². The van der Waals surface area contributed by atoms with Crippen molar-refractivity contribution in [2.24, 2.45) is 0 Å². The first kappa shape index (κ1) is 8.68. The average Bonchev–Trinajstić information content (AvgIpc) is 2.08. The van der Waals surface area contributed by atoms with Crippen molar-refractivity contribution < 1.29 is 8.81 Å². The Hall–Kier alpha value is -1.91. The molecule has 0 fully saturated rings. The van der Waals surface area contributed by atoms with Crippen LogP contribution in [0.15, 0.2) is 26.1 Å². The first-order valence-electron chi connectivity index (χ1n) is 3.91. The van der Waals surface area contributed by atoms with Crippen LogP contribution in [0.4, 0.5) is 4.39 Å². The molecular formula is C9H6FNO3. The van der Waals surface area contributed by atoms with E-state index in [1.165, 1.54) is 6.07 Å². The minimum Gasteiger partial charge on any atom is -0.372 e. The van der Waals surface area contributed by atoms with Crippen LogP contribution in [-0.2, 0) is 0 Å². The van der Waals surface area contributed by atoms with E-state index in [-0.39, 0.29) is 10.9 Å². The topological polar surface area (TPSA) is 63.1 Å².